The molecule has 2 aliphatic rings. The number of benzene rings is 7. The van der Waals surface area contributed by atoms with E-state index in [-0.39, 0.29) is 0 Å². The predicted molar refractivity (Wildman–Crippen MR) is 176 cm³/mol. The summed E-state index contributed by atoms with van der Waals surface area (Å²) in [6, 6.07) is 55.2. The van der Waals surface area contributed by atoms with Gasteiger partial charge in [-0.1, -0.05) is 121 Å². The van der Waals surface area contributed by atoms with Crippen LogP contribution < -0.4 is 4.74 Å². The SMILES string of the molecule is c1ccc2c(c1)Oc1ccc(-n3c4ccccc4c4ccc5ccccc5c43)cc1C21c2ccccc2-c2ccccc21. The molecule has 0 saturated heterocycles. The second-order valence-electron chi connectivity index (χ2n) is 11.7. The molecule has 0 saturated carbocycles. The largest absolute Gasteiger partial charge is 0.457 e. The minimum atomic E-state index is -0.492. The number of ether oxygens (including phenoxy) is 1. The van der Waals surface area contributed by atoms with Crippen molar-refractivity contribution in [3.63, 3.8) is 0 Å². The number of aromatic nitrogens is 1. The molecule has 7 aromatic carbocycles. The van der Waals surface area contributed by atoms with Gasteiger partial charge >= 0.3 is 0 Å². The molecule has 0 atom stereocenters. The van der Waals surface area contributed by atoms with Gasteiger partial charge in [-0.15, -0.1) is 0 Å². The third-order valence-corrected chi connectivity index (χ3v) is 9.65. The highest BCUT2D eigenvalue weighted by atomic mass is 16.5. The molecule has 0 radical (unpaired) electrons. The summed E-state index contributed by atoms with van der Waals surface area (Å²) < 4.78 is 9.16. The molecule has 1 spiro atoms. The van der Waals surface area contributed by atoms with E-state index in [1.54, 1.807) is 0 Å². The van der Waals surface area contributed by atoms with E-state index in [9.17, 15) is 0 Å². The van der Waals surface area contributed by atoms with Crippen molar-refractivity contribution in [2.75, 3.05) is 0 Å². The Morgan fingerprint density at radius 3 is 1.88 bits per heavy atom. The van der Waals surface area contributed by atoms with Crippen LogP contribution in [0.4, 0.5) is 0 Å². The summed E-state index contributed by atoms with van der Waals surface area (Å²) in [7, 11) is 0. The molecule has 0 unspecified atom stereocenters. The second kappa shape index (κ2) is 8.24. The molecule has 200 valence electrons. The Morgan fingerprint density at radius 1 is 0.442 bits per heavy atom. The molecule has 0 amide bonds. The Kier molecular flexibility index (Phi) is 4.41. The lowest BCUT2D eigenvalue weighted by atomic mass is 9.66. The van der Waals surface area contributed by atoms with Crippen molar-refractivity contribution < 1.29 is 4.74 Å². The first kappa shape index (κ1) is 23.0. The summed E-state index contributed by atoms with van der Waals surface area (Å²) in [5.41, 5.74) is 10.6. The smallest absolute Gasteiger partial charge is 0.132 e. The highest BCUT2D eigenvalue weighted by Crippen LogP contribution is 2.62. The van der Waals surface area contributed by atoms with Gasteiger partial charge in [0.05, 0.1) is 16.4 Å². The van der Waals surface area contributed by atoms with Crippen LogP contribution in [0.3, 0.4) is 0 Å². The first-order valence-electron chi connectivity index (χ1n) is 14.9. The topological polar surface area (TPSA) is 14.2 Å². The highest BCUT2D eigenvalue weighted by molar-refractivity contribution is 6.18. The molecule has 0 fully saturated rings. The molecular formula is C41H25NO. The number of hydrogen-bond donors (Lipinski definition) is 0. The summed E-state index contributed by atoms with van der Waals surface area (Å²) in [4.78, 5) is 0. The van der Waals surface area contributed by atoms with Crippen molar-refractivity contribution in [3.8, 4) is 28.3 Å². The zero-order chi connectivity index (χ0) is 28.1. The van der Waals surface area contributed by atoms with E-state index in [2.05, 4.69) is 156 Å². The molecule has 2 heteroatoms. The normalized spacial score (nSPS) is 14.0. The molecule has 43 heavy (non-hydrogen) atoms. The minimum Gasteiger partial charge on any atom is -0.457 e. The van der Waals surface area contributed by atoms with Crippen molar-refractivity contribution in [1.29, 1.82) is 0 Å². The number of hydrogen-bond acceptors (Lipinski definition) is 1. The maximum atomic E-state index is 6.70. The van der Waals surface area contributed by atoms with Crippen molar-refractivity contribution >= 4 is 32.6 Å². The maximum absolute atomic E-state index is 6.70. The van der Waals surface area contributed by atoms with Gasteiger partial charge in [-0.25, -0.2) is 0 Å². The maximum Gasteiger partial charge on any atom is 0.132 e. The van der Waals surface area contributed by atoms with Crippen molar-refractivity contribution in [2.24, 2.45) is 0 Å². The van der Waals surface area contributed by atoms with Gasteiger partial charge < -0.3 is 9.30 Å². The molecule has 2 nitrogen and oxygen atoms in total. The van der Waals surface area contributed by atoms with Crippen molar-refractivity contribution in [1.82, 2.24) is 4.57 Å². The average Bonchev–Trinajstić information content (AvgIpc) is 3.57. The van der Waals surface area contributed by atoms with Crippen molar-refractivity contribution in [2.45, 2.75) is 5.41 Å². The van der Waals surface area contributed by atoms with E-state index in [1.807, 2.05) is 0 Å². The lowest BCUT2D eigenvalue weighted by Gasteiger charge is -2.39. The van der Waals surface area contributed by atoms with Crippen LogP contribution in [0.1, 0.15) is 22.3 Å². The number of rotatable bonds is 1. The molecule has 1 aliphatic heterocycles. The summed E-state index contributed by atoms with van der Waals surface area (Å²) in [6.45, 7) is 0. The van der Waals surface area contributed by atoms with Crippen LogP contribution >= 0.6 is 0 Å². The molecular weight excluding hydrogens is 522 g/mol. The fourth-order valence-corrected chi connectivity index (χ4v) is 7.98. The van der Waals surface area contributed by atoms with E-state index in [0.29, 0.717) is 0 Å². The van der Waals surface area contributed by atoms with E-state index >= 15 is 0 Å². The Morgan fingerprint density at radius 2 is 1.07 bits per heavy atom. The lowest BCUT2D eigenvalue weighted by molar-refractivity contribution is 0.436. The predicted octanol–water partition coefficient (Wildman–Crippen LogP) is 10.4. The fourth-order valence-electron chi connectivity index (χ4n) is 7.98. The minimum absolute atomic E-state index is 0.492. The Hall–Kier alpha value is -5.60. The summed E-state index contributed by atoms with van der Waals surface area (Å²) >= 11 is 0. The van der Waals surface area contributed by atoms with Crippen LogP contribution in [0.5, 0.6) is 11.5 Å². The van der Waals surface area contributed by atoms with Crippen LogP contribution in [0, 0.1) is 0 Å². The molecule has 1 aliphatic carbocycles. The van der Waals surface area contributed by atoms with Gasteiger partial charge in [0.2, 0.25) is 0 Å². The molecule has 10 rings (SSSR count). The zero-order valence-corrected chi connectivity index (χ0v) is 23.3. The summed E-state index contributed by atoms with van der Waals surface area (Å²) in [6.07, 6.45) is 0. The van der Waals surface area contributed by atoms with Gasteiger partial charge in [0.1, 0.15) is 11.5 Å². The van der Waals surface area contributed by atoms with Gasteiger partial charge in [0.25, 0.3) is 0 Å². The average molecular weight is 548 g/mol. The van der Waals surface area contributed by atoms with Gasteiger partial charge in [0, 0.05) is 33.0 Å². The van der Waals surface area contributed by atoms with Gasteiger partial charge in [0.15, 0.2) is 0 Å². The molecule has 2 heterocycles. The molecule has 8 aromatic rings. The van der Waals surface area contributed by atoms with Crippen LogP contribution in [0.15, 0.2) is 152 Å². The van der Waals surface area contributed by atoms with Gasteiger partial charge in [-0.2, -0.15) is 0 Å². The third-order valence-electron chi connectivity index (χ3n) is 9.65. The van der Waals surface area contributed by atoms with Crippen LogP contribution in [-0.2, 0) is 5.41 Å². The van der Waals surface area contributed by atoms with E-state index in [0.717, 1.165) is 17.2 Å². The first-order valence-corrected chi connectivity index (χ1v) is 14.9. The number of para-hydroxylation sites is 2. The van der Waals surface area contributed by atoms with Gasteiger partial charge in [-0.05, 0) is 58.0 Å². The molecule has 1 aromatic heterocycles. The van der Waals surface area contributed by atoms with Gasteiger partial charge in [-0.3, -0.25) is 0 Å². The first-order chi connectivity index (χ1) is 21.3. The Bertz CT molecular complexity index is 2400. The van der Waals surface area contributed by atoms with Crippen LogP contribution in [0.25, 0.3) is 49.4 Å². The standard InChI is InChI=1S/C41H25NO/c1-2-12-28-26(11-1)21-23-32-31-15-5-9-19-37(31)42(40(28)32)27-22-24-39-36(25-27)41(35-18-8-10-20-38(35)43-39)33-16-6-3-13-29(33)30-14-4-7-17-34(30)41/h1-25H. The third kappa shape index (κ3) is 2.83. The number of fused-ring (bicyclic) bond motifs is 14. The van der Waals surface area contributed by atoms with E-state index in [1.165, 1.54) is 66.0 Å². The highest BCUT2D eigenvalue weighted by Gasteiger charge is 2.51. The van der Waals surface area contributed by atoms with Crippen LogP contribution in [-0.4, -0.2) is 4.57 Å². The Balaban J connectivity index is 1.36. The summed E-state index contributed by atoms with van der Waals surface area (Å²) in [5.74, 6) is 1.82. The molecule has 0 bridgehead atoms. The van der Waals surface area contributed by atoms with E-state index in [4.69, 9.17) is 4.74 Å². The zero-order valence-electron chi connectivity index (χ0n) is 23.3. The second-order valence-corrected chi connectivity index (χ2v) is 11.7. The summed E-state index contributed by atoms with van der Waals surface area (Å²) in [5, 5.41) is 5.01. The monoisotopic (exact) mass is 547 g/mol. The van der Waals surface area contributed by atoms with Crippen molar-refractivity contribution in [3.05, 3.63) is 174 Å². The Labute approximate surface area is 249 Å². The lowest BCUT2D eigenvalue weighted by Crippen LogP contribution is -2.32. The fraction of sp³-hybridized carbons (Fsp3) is 0.0244. The molecule has 0 N–H and O–H groups in total. The quantitative estimate of drug-likeness (QED) is 0.199. The van der Waals surface area contributed by atoms with E-state index < -0.39 is 5.41 Å². The number of nitrogens with zero attached hydrogens (tertiary/aromatic N) is 1. The van der Waals surface area contributed by atoms with Crippen LogP contribution in [0.2, 0.25) is 0 Å².